The van der Waals surface area contributed by atoms with Gasteiger partial charge in [0.15, 0.2) is 0 Å². The Labute approximate surface area is 115 Å². The predicted octanol–water partition coefficient (Wildman–Crippen LogP) is 0.834. The van der Waals surface area contributed by atoms with Gasteiger partial charge in [-0.1, -0.05) is 11.6 Å². The van der Waals surface area contributed by atoms with Gasteiger partial charge < -0.3 is 21.3 Å². The molecule has 0 aliphatic heterocycles. The molecule has 0 fully saturated rings. The molecule has 1 aromatic rings. The Morgan fingerprint density at radius 3 is 2.68 bits per heavy atom. The van der Waals surface area contributed by atoms with Crippen LogP contribution in [0.3, 0.4) is 0 Å². The first kappa shape index (κ1) is 15.6. The Morgan fingerprint density at radius 1 is 1.53 bits per heavy atom. The van der Waals surface area contributed by atoms with E-state index in [1.54, 1.807) is 7.05 Å². The second kappa shape index (κ2) is 6.67. The zero-order valence-electron chi connectivity index (χ0n) is 10.3. The van der Waals surface area contributed by atoms with Gasteiger partial charge in [0.2, 0.25) is 0 Å². The van der Waals surface area contributed by atoms with Gasteiger partial charge in [-0.05, 0) is 26.1 Å². The average Bonchev–Trinajstić information content (AvgIpc) is 2.37. The third-order valence-corrected chi connectivity index (χ3v) is 2.94. The fourth-order valence-electron chi connectivity index (χ4n) is 1.68. The lowest BCUT2D eigenvalue weighted by atomic mass is 9.99. The molecule has 0 saturated heterocycles. The number of nitro benzene ring substituents is 1. The Kier molecular flexibility index (Phi) is 5.49. The SMILES string of the molecule is CNCCC(O)C(O)c1cc(Cl)cc([N+](=O)[O-])c1N. The van der Waals surface area contributed by atoms with Crippen molar-refractivity contribution in [3.8, 4) is 0 Å². The molecule has 8 heteroatoms. The number of nitro groups is 1. The molecule has 0 saturated carbocycles. The number of aliphatic hydroxyl groups excluding tert-OH is 2. The summed E-state index contributed by atoms with van der Waals surface area (Å²) in [6.07, 6.45) is -2.14. The third-order valence-electron chi connectivity index (χ3n) is 2.72. The van der Waals surface area contributed by atoms with Gasteiger partial charge in [-0.3, -0.25) is 10.1 Å². The number of hydrogen-bond donors (Lipinski definition) is 4. The maximum Gasteiger partial charge on any atom is 0.293 e. The van der Waals surface area contributed by atoms with Crippen LogP contribution in [-0.4, -0.2) is 34.8 Å². The minimum Gasteiger partial charge on any atom is -0.393 e. The number of benzene rings is 1. The van der Waals surface area contributed by atoms with Crippen molar-refractivity contribution in [1.82, 2.24) is 5.32 Å². The maximum atomic E-state index is 10.8. The summed E-state index contributed by atoms with van der Waals surface area (Å²) >= 11 is 5.75. The number of anilines is 1. The van der Waals surface area contributed by atoms with Gasteiger partial charge in [0.1, 0.15) is 11.8 Å². The lowest BCUT2D eigenvalue weighted by Crippen LogP contribution is -2.24. The Hall–Kier alpha value is -1.41. The van der Waals surface area contributed by atoms with Crippen molar-refractivity contribution in [2.24, 2.45) is 0 Å². The highest BCUT2D eigenvalue weighted by molar-refractivity contribution is 6.31. The summed E-state index contributed by atoms with van der Waals surface area (Å²) in [6.45, 7) is 0.487. The van der Waals surface area contributed by atoms with Crippen LogP contribution in [0, 0.1) is 10.1 Å². The average molecular weight is 290 g/mol. The lowest BCUT2D eigenvalue weighted by Gasteiger charge is -2.19. The van der Waals surface area contributed by atoms with E-state index in [0.29, 0.717) is 6.54 Å². The molecule has 2 unspecified atom stereocenters. The summed E-state index contributed by atoms with van der Waals surface area (Å²) in [4.78, 5) is 10.1. The number of aliphatic hydroxyl groups is 2. The standard InChI is InChI=1S/C11H16ClN3O4/c1-14-3-2-9(16)11(17)7-4-6(12)5-8(10(7)13)15(18)19/h4-5,9,11,14,16-17H,2-3,13H2,1H3. The van der Waals surface area contributed by atoms with Crippen molar-refractivity contribution in [2.75, 3.05) is 19.3 Å². The summed E-state index contributed by atoms with van der Waals surface area (Å²) in [5.74, 6) is 0. The molecule has 0 amide bonds. The molecule has 0 aromatic heterocycles. The number of rotatable bonds is 6. The molecule has 0 aliphatic carbocycles. The molecule has 0 spiro atoms. The van der Waals surface area contributed by atoms with Gasteiger partial charge in [-0.15, -0.1) is 0 Å². The van der Waals surface area contributed by atoms with Crippen LogP contribution in [0.15, 0.2) is 12.1 Å². The van der Waals surface area contributed by atoms with Crippen LogP contribution < -0.4 is 11.1 Å². The Bertz CT molecular complexity index is 469. The highest BCUT2D eigenvalue weighted by Crippen LogP contribution is 2.34. The molecule has 5 N–H and O–H groups in total. The zero-order chi connectivity index (χ0) is 14.6. The second-order valence-electron chi connectivity index (χ2n) is 4.09. The first-order valence-corrected chi connectivity index (χ1v) is 6.00. The van der Waals surface area contributed by atoms with E-state index in [-0.39, 0.29) is 28.4 Å². The van der Waals surface area contributed by atoms with E-state index in [1.807, 2.05) is 0 Å². The van der Waals surface area contributed by atoms with E-state index < -0.39 is 17.1 Å². The van der Waals surface area contributed by atoms with Gasteiger partial charge in [0, 0.05) is 16.7 Å². The topological polar surface area (TPSA) is 122 Å². The van der Waals surface area contributed by atoms with Gasteiger partial charge >= 0.3 is 0 Å². The van der Waals surface area contributed by atoms with Crippen LogP contribution in [0.25, 0.3) is 0 Å². The quantitative estimate of drug-likeness (QED) is 0.350. The molecule has 106 valence electrons. The second-order valence-corrected chi connectivity index (χ2v) is 4.53. The monoisotopic (exact) mass is 289 g/mol. The van der Waals surface area contributed by atoms with Crippen molar-refractivity contribution in [2.45, 2.75) is 18.6 Å². The van der Waals surface area contributed by atoms with Crippen molar-refractivity contribution >= 4 is 23.0 Å². The minimum absolute atomic E-state index is 0.0582. The van der Waals surface area contributed by atoms with Crippen LogP contribution in [0.5, 0.6) is 0 Å². The third kappa shape index (κ3) is 3.77. The van der Waals surface area contributed by atoms with Crippen LogP contribution >= 0.6 is 11.6 Å². The maximum absolute atomic E-state index is 10.8. The summed E-state index contributed by atoms with van der Waals surface area (Å²) in [5.41, 5.74) is 5.12. The fraction of sp³-hybridized carbons (Fsp3) is 0.455. The summed E-state index contributed by atoms with van der Waals surface area (Å²) < 4.78 is 0. The first-order chi connectivity index (χ1) is 8.88. The fourth-order valence-corrected chi connectivity index (χ4v) is 1.90. The van der Waals surface area contributed by atoms with Gasteiger partial charge in [0.05, 0.1) is 11.0 Å². The molecular formula is C11H16ClN3O4. The number of nitrogens with zero attached hydrogens (tertiary/aromatic N) is 1. The van der Waals surface area contributed by atoms with Crippen LogP contribution in [0.2, 0.25) is 5.02 Å². The van der Waals surface area contributed by atoms with Crippen molar-refractivity contribution in [3.63, 3.8) is 0 Å². The van der Waals surface area contributed by atoms with Gasteiger partial charge in [-0.2, -0.15) is 0 Å². The largest absolute Gasteiger partial charge is 0.393 e. The van der Waals surface area contributed by atoms with E-state index in [9.17, 15) is 20.3 Å². The smallest absolute Gasteiger partial charge is 0.293 e. The number of halogens is 1. The normalized spacial score (nSPS) is 14.1. The number of nitrogens with two attached hydrogens (primary N) is 1. The molecule has 0 heterocycles. The van der Waals surface area contributed by atoms with Crippen molar-refractivity contribution < 1.29 is 15.1 Å². The molecule has 0 radical (unpaired) electrons. The number of hydrogen-bond acceptors (Lipinski definition) is 6. The summed E-state index contributed by atoms with van der Waals surface area (Å²) in [6, 6.07) is 2.42. The number of nitrogens with one attached hydrogen (secondary N) is 1. The summed E-state index contributed by atoms with van der Waals surface area (Å²) in [5, 5.41) is 33.5. The van der Waals surface area contributed by atoms with Crippen molar-refractivity contribution in [1.29, 1.82) is 0 Å². The highest BCUT2D eigenvalue weighted by atomic mass is 35.5. The molecule has 0 bridgehead atoms. The lowest BCUT2D eigenvalue weighted by molar-refractivity contribution is -0.384. The van der Waals surface area contributed by atoms with E-state index in [0.717, 1.165) is 6.07 Å². The predicted molar refractivity (Wildman–Crippen MR) is 72.0 cm³/mol. The van der Waals surface area contributed by atoms with E-state index in [1.165, 1.54) is 6.07 Å². The Balaban J connectivity index is 3.08. The first-order valence-electron chi connectivity index (χ1n) is 5.62. The Morgan fingerprint density at radius 2 is 2.16 bits per heavy atom. The molecule has 19 heavy (non-hydrogen) atoms. The highest BCUT2D eigenvalue weighted by Gasteiger charge is 2.25. The van der Waals surface area contributed by atoms with Gasteiger partial charge in [-0.25, -0.2) is 0 Å². The van der Waals surface area contributed by atoms with E-state index in [2.05, 4.69) is 5.32 Å². The molecule has 0 aliphatic rings. The molecule has 1 rings (SSSR count). The minimum atomic E-state index is -1.33. The number of nitrogen functional groups attached to an aromatic ring is 1. The molecule has 1 aromatic carbocycles. The van der Waals surface area contributed by atoms with Crippen LogP contribution in [-0.2, 0) is 0 Å². The molecular weight excluding hydrogens is 274 g/mol. The van der Waals surface area contributed by atoms with Gasteiger partial charge in [0.25, 0.3) is 5.69 Å². The molecule has 2 atom stereocenters. The van der Waals surface area contributed by atoms with Crippen LogP contribution in [0.4, 0.5) is 11.4 Å². The van der Waals surface area contributed by atoms with E-state index >= 15 is 0 Å². The zero-order valence-corrected chi connectivity index (χ0v) is 11.1. The van der Waals surface area contributed by atoms with Crippen molar-refractivity contribution in [3.05, 3.63) is 32.8 Å². The molecule has 7 nitrogen and oxygen atoms in total. The van der Waals surface area contributed by atoms with Crippen LogP contribution in [0.1, 0.15) is 18.1 Å². The van der Waals surface area contributed by atoms with E-state index in [4.69, 9.17) is 17.3 Å². The summed E-state index contributed by atoms with van der Waals surface area (Å²) in [7, 11) is 1.71.